The monoisotopic (exact) mass is 258 g/mol. The molecular formula is C14H14N2OS. The molecule has 0 bridgehead atoms. The lowest BCUT2D eigenvalue weighted by molar-refractivity contribution is 0.656. The maximum absolute atomic E-state index is 11.0. The Balaban J connectivity index is 2.25. The van der Waals surface area contributed by atoms with Crippen LogP contribution in [-0.4, -0.2) is 9.56 Å². The maximum Gasteiger partial charge on any atom is 0.181 e. The van der Waals surface area contributed by atoms with Crippen molar-refractivity contribution in [1.82, 2.24) is 4.57 Å². The van der Waals surface area contributed by atoms with Crippen molar-refractivity contribution < 1.29 is 0 Å². The average molecular weight is 258 g/mol. The molecule has 0 amide bonds. The van der Waals surface area contributed by atoms with Crippen LogP contribution in [0.5, 0.6) is 0 Å². The highest BCUT2D eigenvalue weighted by atomic mass is 32.1. The Morgan fingerprint density at radius 1 is 1.17 bits per heavy atom. The summed E-state index contributed by atoms with van der Waals surface area (Å²) >= 11 is 5.13. The molecule has 1 heterocycles. The van der Waals surface area contributed by atoms with Gasteiger partial charge in [0.05, 0.1) is 10.9 Å². The largest absolute Gasteiger partial charge is 0.393 e. The van der Waals surface area contributed by atoms with Crippen LogP contribution in [0.2, 0.25) is 0 Å². The number of benzene rings is 1. The summed E-state index contributed by atoms with van der Waals surface area (Å²) in [6, 6.07) is 13.0. The van der Waals surface area contributed by atoms with Gasteiger partial charge in [0.15, 0.2) is 5.43 Å². The molecule has 2 N–H and O–H groups in total. The summed E-state index contributed by atoms with van der Waals surface area (Å²) < 4.78 is 1.91. The smallest absolute Gasteiger partial charge is 0.181 e. The van der Waals surface area contributed by atoms with E-state index in [1.54, 1.807) is 12.4 Å². The molecule has 92 valence electrons. The zero-order valence-electron chi connectivity index (χ0n) is 9.82. The number of nitrogens with zero attached hydrogens (tertiary/aromatic N) is 1. The van der Waals surface area contributed by atoms with Crippen molar-refractivity contribution in [2.75, 3.05) is 0 Å². The highest BCUT2D eigenvalue weighted by molar-refractivity contribution is 7.80. The first-order valence-corrected chi connectivity index (χ1v) is 6.08. The van der Waals surface area contributed by atoms with Gasteiger partial charge in [-0.15, -0.1) is 0 Å². The molecule has 1 aromatic carbocycles. The first kappa shape index (κ1) is 12.5. The predicted molar refractivity (Wildman–Crippen MR) is 76.7 cm³/mol. The van der Waals surface area contributed by atoms with Gasteiger partial charge in [0.2, 0.25) is 0 Å². The minimum Gasteiger partial charge on any atom is -0.393 e. The molecule has 0 saturated heterocycles. The van der Waals surface area contributed by atoms with E-state index in [-0.39, 0.29) is 11.3 Å². The molecule has 2 aromatic rings. The normalized spacial score (nSPS) is 12.0. The van der Waals surface area contributed by atoms with E-state index in [1.165, 1.54) is 12.1 Å². The van der Waals surface area contributed by atoms with E-state index in [1.807, 2.05) is 34.9 Å². The molecule has 0 spiro atoms. The fraction of sp³-hybridized carbons (Fsp3) is 0.143. The highest BCUT2D eigenvalue weighted by Gasteiger charge is 2.14. The molecule has 3 nitrogen and oxygen atoms in total. The van der Waals surface area contributed by atoms with Gasteiger partial charge in [0, 0.05) is 31.1 Å². The number of hydrogen-bond acceptors (Lipinski definition) is 2. The lowest BCUT2D eigenvalue weighted by atomic mass is 9.99. The van der Waals surface area contributed by atoms with E-state index in [4.69, 9.17) is 18.0 Å². The Labute approximate surface area is 111 Å². The van der Waals surface area contributed by atoms with Crippen LogP contribution in [0.1, 0.15) is 11.5 Å². The minimum absolute atomic E-state index is 0.00200. The third kappa shape index (κ3) is 3.05. The topological polar surface area (TPSA) is 48.0 Å². The van der Waals surface area contributed by atoms with E-state index in [9.17, 15) is 4.79 Å². The van der Waals surface area contributed by atoms with Crippen molar-refractivity contribution in [3.8, 4) is 0 Å². The second-order valence-electron chi connectivity index (χ2n) is 4.10. The maximum atomic E-state index is 11.0. The number of rotatable bonds is 4. The fourth-order valence-electron chi connectivity index (χ4n) is 1.82. The summed E-state index contributed by atoms with van der Waals surface area (Å²) in [4.78, 5) is 11.5. The molecule has 1 aromatic heterocycles. The zero-order valence-corrected chi connectivity index (χ0v) is 10.6. The van der Waals surface area contributed by atoms with Gasteiger partial charge in [0.1, 0.15) is 0 Å². The molecule has 4 heteroatoms. The van der Waals surface area contributed by atoms with E-state index in [2.05, 4.69) is 0 Å². The number of pyridine rings is 1. The van der Waals surface area contributed by atoms with Gasteiger partial charge in [-0.3, -0.25) is 4.79 Å². The molecule has 1 atom stereocenters. The summed E-state index contributed by atoms with van der Waals surface area (Å²) in [6.45, 7) is 0.639. The van der Waals surface area contributed by atoms with E-state index >= 15 is 0 Å². The van der Waals surface area contributed by atoms with Crippen LogP contribution in [0.15, 0.2) is 59.7 Å². The van der Waals surface area contributed by atoms with Gasteiger partial charge in [-0.2, -0.15) is 0 Å². The first-order chi connectivity index (χ1) is 8.66. The summed E-state index contributed by atoms with van der Waals surface area (Å²) in [6.07, 6.45) is 3.49. The second kappa shape index (κ2) is 5.60. The van der Waals surface area contributed by atoms with Crippen LogP contribution in [0, 0.1) is 0 Å². The Hall–Kier alpha value is -1.94. The molecule has 1 unspecified atom stereocenters. The van der Waals surface area contributed by atoms with Crippen molar-refractivity contribution in [1.29, 1.82) is 0 Å². The van der Waals surface area contributed by atoms with Crippen molar-refractivity contribution in [2.45, 2.75) is 12.5 Å². The molecule has 0 radical (unpaired) electrons. The third-order valence-electron chi connectivity index (χ3n) is 2.80. The molecule has 0 aliphatic heterocycles. The minimum atomic E-state index is -0.0243. The molecular weight excluding hydrogens is 244 g/mol. The van der Waals surface area contributed by atoms with Crippen LogP contribution in [0.4, 0.5) is 0 Å². The van der Waals surface area contributed by atoms with E-state index in [0.717, 1.165) is 5.56 Å². The lowest BCUT2D eigenvalue weighted by Gasteiger charge is -2.17. The van der Waals surface area contributed by atoms with Crippen molar-refractivity contribution in [3.05, 3.63) is 70.6 Å². The Bertz CT molecular complexity index is 572. The number of nitrogens with two attached hydrogens (primary N) is 1. The van der Waals surface area contributed by atoms with Gasteiger partial charge in [-0.1, -0.05) is 42.5 Å². The summed E-state index contributed by atoms with van der Waals surface area (Å²) in [5.41, 5.74) is 6.89. The molecule has 0 fully saturated rings. The van der Waals surface area contributed by atoms with E-state index < -0.39 is 0 Å². The predicted octanol–water partition coefficient (Wildman–Crippen LogP) is 1.92. The van der Waals surface area contributed by atoms with E-state index in [0.29, 0.717) is 11.5 Å². The van der Waals surface area contributed by atoms with Crippen LogP contribution in [0.3, 0.4) is 0 Å². The summed E-state index contributed by atoms with van der Waals surface area (Å²) in [7, 11) is 0. The Morgan fingerprint density at radius 2 is 1.78 bits per heavy atom. The number of thiocarbonyl (C=S) groups is 1. The fourth-order valence-corrected chi connectivity index (χ4v) is 2.03. The standard InChI is InChI=1S/C14H14N2OS/c15-14(18)13(11-4-2-1-3-5-11)10-16-8-6-12(17)7-9-16/h1-9,13H,10H2,(H2,15,18). The number of hydrogen-bond donors (Lipinski definition) is 1. The summed E-state index contributed by atoms with van der Waals surface area (Å²) in [5, 5.41) is 0. The summed E-state index contributed by atoms with van der Waals surface area (Å²) in [5.74, 6) is -0.0243. The lowest BCUT2D eigenvalue weighted by Crippen LogP contribution is -2.24. The molecule has 0 aliphatic rings. The number of aromatic nitrogens is 1. The third-order valence-corrected chi connectivity index (χ3v) is 3.08. The van der Waals surface area contributed by atoms with Crippen molar-refractivity contribution >= 4 is 17.2 Å². The SMILES string of the molecule is NC(=S)C(Cn1ccc(=O)cc1)c1ccccc1. The zero-order chi connectivity index (χ0) is 13.0. The van der Waals surface area contributed by atoms with Gasteiger partial charge >= 0.3 is 0 Å². The van der Waals surface area contributed by atoms with Crippen LogP contribution in [-0.2, 0) is 6.54 Å². The first-order valence-electron chi connectivity index (χ1n) is 5.67. The molecule has 2 rings (SSSR count). The second-order valence-corrected chi connectivity index (χ2v) is 4.57. The van der Waals surface area contributed by atoms with Gasteiger partial charge < -0.3 is 10.3 Å². The molecule has 0 aliphatic carbocycles. The van der Waals surface area contributed by atoms with Crippen LogP contribution >= 0.6 is 12.2 Å². The average Bonchev–Trinajstić information content (AvgIpc) is 2.38. The molecule has 18 heavy (non-hydrogen) atoms. The van der Waals surface area contributed by atoms with Crippen molar-refractivity contribution in [3.63, 3.8) is 0 Å². The van der Waals surface area contributed by atoms with Crippen molar-refractivity contribution in [2.24, 2.45) is 5.73 Å². The van der Waals surface area contributed by atoms with Gasteiger partial charge in [0.25, 0.3) is 0 Å². The Morgan fingerprint density at radius 3 is 2.33 bits per heavy atom. The van der Waals surface area contributed by atoms with Crippen LogP contribution in [0.25, 0.3) is 0 Å². The van der Waals surface area contributed by atoms with Crippen LogP contribution < -0.4 is 11.2 Å². The molecule has 0 saturated carbocycles. The quantitative estimate of drug-likeness (QED) is 0.852. The van der Waals surface area contributed by atoms with Gasteiger partial charge in [-0.25, -0.2) is 0 Å². The Kier molecular flexibility index (Phi) is 3.89. The van der Waals surface area contributed by atoms with Gasteiger partial charge in [-0.05, 0) is 5.56 Å². The highest BCUT2D eigenvalue weighted by Crippen LogP contribution is 2.17.